The van der Waals surface area contributed by atoms with Crippen molar-refractivity contribution in [2.75, 3.05) is 0 Å². The Morgan fingerprint density at radius 3 is 1.71 bits per heavy atom. The summed E-state index contributed by atoms with van der Waals surface area (Å²) in [7, 11) is 0. The average molecular weight is 122 g/mol. The molecule has 0 heterocycles. The largest absolute Gasteiger partial charge is 0.327 e. The van der Waals surface area contributed by atoms with E-state index in [1.54, 1.807) is 0 Å². The molecule has 0 unspecified atom stereocenters. The highest BCUT2D eigenvalue weighted by molar-refractivity contribution is 5.85. The maximum Gasteiger partial charge on any atom is 0.00965 e. The monoisotopic (exact) mass is 121 g/mol. The molecule has 0 amide bonds. The number of nitrogens with two attached hydrogens (primary N) is 1. The second-order valence-corrected chi connectivity index (χ2v) is 2.80. The molecule has 1 saturated carbocycles. The first kappa shape index (κ1) is 7.25. The molecule has 2 N–H and O–H groups in total. The molecule has 1 rings (SSSR count). The van der Waals surface area contributed by atoms with E-state index in [2.05, 4.69) is 13.8 Å². The van der Waals surface area contributed by atoms with Crippen molar-refractivity contribution in [3.63, 3.8) is 0 Å². The summed E-state index contributed by atoms with van der Waals surface area (Å²) in [6.07, 6.45) is 1.22. The Balaban J connectivity index is 0.000000360. The van der Waals surface area contributed by atoms with Crippen LogP contribution in [-0.4, -0.2) is 6.04 Å². The summed E-state index contributed by atoms with van der Waals surface area (Å²) < 4.78 is 0. The highest BCUT2D eigenvalue weighted by atomic mass is 35.5. The highest BCUT2D eigenvalue weighted by Crippen LogP contribution is 2.42. The summed E-state index contributed by atoms with van der Waals surface area (Å²) in [4.78, 5) is 0. The van der Waals surface area contributed by atoms with Gasteiger partial charge in [0.2, 0.25) is 0 Å². The Morgan fingerprint density at radius 1 is 1.57 bits per heavy atom. The van der Waals surface area contributed by atoms with E-state index in [0.717, 1.165) is 0 Å². The van der Waals surface area contributed by atoms with E-state index in [9.17, 15) is 0 Å². The minimum absolute atomic E-state index is 0. The van der Waals surface area contributed by atoms with E-state index < -0.39 is 0 Å². The van der Waals surface area contributed by atoms with Gasteiger partial charge in [-0.2, -0.15) is 0 Å². The van der Waals surface area contributed by atoms with Gasteiger partial charge in [0.25, 0.3) is 0 Å². The molecule has 0 saturated heterocycles. The van der Waals surface area contributed by atoms with Gasteiger partial charge in [-0.3, -0.25) is 0 Å². The summed E-state index contributed by atoms with van der Waals surface area (Å²) in [6.45, 7) is 4.38. The molecule has 44 valence electrons. The Labute approximate surface area is 50.7 Å². The first-order valence-corrected chi connectivity index (χ1v) is 2.38. The molecule has 1 aliphatic rings. The Kier molecular flexibility index (Phi) is 1.70. The van der Waals surface area contributed by atoms with Gasteiger partial charge in [0.15, 0.2) is 0 Å². The quantitative estimate of drug-likeness (QED) is 0.512. The molecule has 0 aromatic carbocycles. The van der Waals surface area contributed by atoms with Crippen LogP contribution in [0.15, 0.2) is 0 Å². The Hall–Kier alpha value is 0.250. The van der Waals surface area contributed by atoms with E-state index in [-0.39, 0.29) is 12.4 Å². The first-order valence-electron chi connectivity index (χ1n) is 2.38. The van der Waals surface area contributed by atoms with E-state index in [0.29, 0.717) is 11.5 Å². The predicted octanol–water partition coefficient (Wildman–Crippen LogP) is 1.17. The van der Waals surface area contributed by atoms with Crippen molar-refractivity contribution < 1.29 is 0 Å². The summed E-state index contributed by atoms with van der Waals surface area (Å²) in [5.74, 6) is 0. The van der Waals surface area contributed by atoms with Crippen LogP contribution >= 0.6 is 12.4 Å². The van der Waals surface area contributed by atoms with Crippen molar-refractivity contribution in [3.05, 3.63) is 0 Å². The highest BCUT2D eigenvalue weighted by Gasteiger charge is 2.42. The van der Waals surface area contributed by atoms with Crippen LogP contribution in [0.3, 0.4) is 0 Å². The summed E-state index contributed by atoms with van der Waals surface area (Å²) >= 11 is 0. The lowest BCUT2D eigenvalue weighted by Gasteiger charge is -1.91. The Bertz CT molecular complexity index is 70.5. The molecule has 0 spiro atoms. The smallest absolute Gasteiger partial charge is 0.00965 e. The third kappa shape index (κ3) is 1.32. The zero-order valence-electron chi connectivity index (χ0n) is 4.77. The molecule has 0 bridgehead atoms. The third-order valence-electron chi connectivity index (χ3n) is 1.59. The van der Waals surface area contributed by atoms with Crippen LogP contribution in [0.5, 0.6) is 0 Å². The van der Waals surface area contributed by atoms with Gasteiger partial charge >= 0.3 is 0 Å². The molecular formula is C5H12ClN. The lowest BCUT2D eigenvalue weighted by atomic mass is 10.2. The fraction of sp³-hybridized carbons (Fsp3) is 1.00. The van der Waals surface area contributed by atoms with Crippen molar-refractivity contribution in [1.82, 2.24) is 0 Å². The lowest BCUT2D eigenvalue weighted by Crippen LogP contribution is -2.05. The summed E-state index contributed by atoms with van der Waals surface area (Å²) in [6, 6.07) is 0.498. The van der Waals surface area contributed by atoms with Crippen molar-refractivity contribution in [3.8, 4) is 0 Å². The number of hydrogen-bond acceptors (Lipinski definition) is 1. The van der Waals surface area contributed by atoms with Crippen LogP contribution in [0.1, 0.15) is 20.3 Å². The average Bonchev–Trinajstić information content (AvgIpc) is 1.73. The van der Waals surface area contributed by atoms with E-state index in [1.165, 1.54) is 6.42 Å². The van der Waals surface area contributed by atoms with Gasteiger partial charge < -0.3 is 5.73 Å². The predicted molar refractivity (Wildman–Crippen MR) is 33.6 cm³/mol. The molecule has 0 aromatic rings. The van der Waals surface area contributed by atoms with Crippen molar-refractivity contribution in [2.45, 2.75) is 26.3 Å². The zero-order chi connectivity index (χ0) is 4.78. The van der Waals surface area contributed by atoms with E-state index in [1.807, 2.05) is 0 Å². The maximum absolute atomic E-state index is 5.50. The van der Waals surface area contributed by atoms with Crippen molar-refractivity contribution in [2.24, 2.45) is 11.1 Å². The standard InChI is InChI=1S/C5H11N.ClH/c1-5(2)3-4(5)6;/h4H,3,6H2,1-2H3;1H/t4-;/m1./s1. The van der Waals surface area contributed by atoms with Gasteiger partial charge in [-0.15, -0.1) is 12.4 Å². The molecule has 1 fully saturated rings. The minimum atomic E-state index is 0. The Morgan fingerprint density at radius 2 is 1.71 bits per heavy atom. The lowest BCUT2D eigenvalue weighted by molar-refractivity contribution is 0.618. The van der Waals surface area contributed by atoms with E-state index >= 15 is 0 Å². The zero-order valence-corrected chi connectivity index (χ0v) is 5.59. The van der Waals surface area contributed by atoms with Crippen LogP contribution < -0.4 is 5.73 Å². The van der Waals surface area contributed by atoms with Crippen LogP contribution in [0.4, 0.5) is 0 Å². The molecule has 0 aliphatic heterocycles. The normalized spacial score (nSPS) is 33.9. The maximum atomic E-state index is 5.50. The van der Waals surface area contributed by atoms with Crippen LogP contribution in [0, 0.1) is 5.41 Å². The van der Waals surface area contributed by atoms with Crippen LogP contribution in [-0.2, 0) is 0 Å². The SMILES string of the molecule is CC1(C)C[C@H]1N.Cl. The van der Waals surface area contributed by atoms with Gasteiger partial charge in [-0.05, 0) is 11.8 Å². The summed E-state index contributed by atoms with van der Waals surface area (Å²) in [5.41, 5.74) is 5.99. The summed E-state index contributed by atoms with van der Waals surface area (Å²) in [5, 5.41) is 0. The molecule has 1 aliphatic carbocycles. The number of rotatable bonds is 0. The van der Waals surface area contributed by atoms with Crippen molar-refractivity contribution in [1.29, 1.82) is 0 Å². The molecule has 0 radical (unpaired) electrons. The van der Waals surface area contributed by atoms with Gasteiger partial charge in [-0.25, -0.2) is 0 Å². The van der Waals surface area contributed by atoms with Gasteiger partial charge in [0, 0.05) is 6.04 Å². The van der Waals surface area contributed by atoms with Crippen molar-refractivity contribution >= 4 is 12.4 Å². The topological polar surface area (TPSA) is 26.0 Å². The van der Waals surface area contributed by atoms with Crippen LogP contribution in [0.2, 0.25) is 0 Å². The second kappa shape index (κ2) is 1.64. The molecule has 7 heavy (non-hydrogen) atoms. The molecule has 1 nitrogen and oxygen atoms in total. The number of halogens is 1. The van der Waals surface area contributed by atoms with Gasteiger partial charge in [0.1, 0.15) is 0 Å². The minimum Gasteiger partial charge on any atom is -0.327 e. The first-order chi connectivity index (χ1) is 2.63. The molecule has 1 atom stereocenters. The fourth-order valence-electron chi connectivity index (χ4n) is 0.508. The third-order valence-corrected chi connectivity index (χ3v) is 1.59. The van der Waals surface area contributed by atoms with Gasteiger partial charge in [0.05, 0.1) is 0 Å². The molecule has 0 aromatic heterocycles. The fourth-order valence-corrected chi connectivity index (χ4v) is 0.508. The number of hydrogen-bond donors (Lipinski definition) is 1. The molecular weight excluding hydrogens is 110 g/mol. The molecule has 2 heteroatoms. The van der Waals surface area contributed by atoms with E-state index in [4.69, 9.17) is 5.73 Å². The van der Waals surface area contributed by atoms with Crippen LogP contribution in [0.25, 0.3) is 0 Å². The van der Waals surface area contributed by atoms with Gasteiger partial charge in [-0.1, -0.05) is 13.8 Å². The second-order valence-electron chi connectivity index (χ2n) is 2.80.